The van der Waals surface area contributed by atoms with Gasteiger partial charge in [0, 0.05) is 24.4 Å². The van der Waals surface area contributed by atoms with Crippen LogP contribution in [0.3, 0.4) is 0 Å². The van der Waals surface area contributed by atoms with Gasteiger partial charge in [-0.3, -0.25) is 9.78 Å². The monoisotopic (exact) mass is 362 g/mol. The van der Waals surface area contributed by atoms with Gasteiger partial charge in [-0.15, -0.1) is 0 Å². The van der Waals surface area contributed by atoms with Crippen LogP contribution in [0.1, 0.15) is 52.7 Å². The van der Waals surface area contributed by atoms with E-state index in [9.17, 15) is 4.79 Å². The lowest BCUT2D eigenvalue weighted by molar-refractivity contribution is 0.0979. The van der Waals surface area contributed by atoms with Gasteiger partial charge in [-0.05, 0) is 43.9 Å². The summed E-state index contributed by atoms with van der Waals surface area (Å²) in [6.07, 6.45) is 7.96. The Morgan fingerprint density at radius 2 is 2.07 bits per heavy atom. The Balaban J connectivity index is 1.74. The minimum absolute atomic E-state index is 0.208. The highest BCUT2D eigenvalue weighted by Crippen LogP contribution is 2.34. The maximum atomic E-state index is 12.9. The maximum absolute atomic E-state index is 12.9. The van der Waals surface area contributed by atoms with E-state index in [2.05, 4.69) is 35.5 Å². The summed E-state index contributed by atoms with van der Waals surface area (Å²) in [7, 11) is 1.70. The van der Waals surface area contributed by atoms with E-state index < -0.39 is 0 Å². The summed E-state index contributed by atoms with van der Waals surface area (Å²) in [5.41, 5.74) is 6.04. The number of hydrogen-bond donors (Lipinski definition) is 0. The average Bonchev–Trinajstić information content (AvgIpc) is 3.41. The number of benzene rings is 1. The number of carbonyl (C=O) groups is 1. The molecule has 1 fully saturated rings. The Kier molecular flexibility index (Phi) is 4.73. The summed E-state index contributed by atoms with van der Waals surface area (Å²) in [4.78, 5) is 17.4. The van der Waals surface area contributed by atoms with E-state index in [1.807, 2.05) is 18.3 Å². The molecule has 0 unspecified atom stereocenters. The van der Waals surface area contributed by atoms with Crippen molar-refractivity contribution in [3.05, 3.63) is 58.9 Å². The van der Waals surface area contributed by atoms with Gasteiger partial charge < -0.3 is 9.30 Å². The molecule has 1 aliphatic carbocycles. The number of pyridine rings is 1. The molecule has 4 rings (SSSR count). The van der Waals surface area contributed by atoms with Crippen molar-refractivity contribution in [2.24, 2.45) is 5.92 Å². The van der Waals surface area contributed by atoms with Gasteiger partial charge in [-0.25, -0.2) is 0 Å². The molecule has 1 aromatic carbocycles. The number of Topliss-reactive ketones (excluding diaryl/α,β-unsaturated/α-hetero) is 1. The van der Waals surface area contributed by atoms with Gasteiger partial charge in [0.1, 0.15) is 5.75 Å². The topological polar surface area (TPSA) is 44.1 Å². The minimum Gasteiger partial charge on any atom is -0.496 e. The molecule has 0 amide bonds. The van der Waals surface area contributed by atoms with Crippen molar-refractivity contribution < 1.29 is 9.53 Å². The predicted molar refractivity (Wildman–Crippen MR) is 108 cm³/mol. The van der Waals surface area contributed by atoms with Crippen molar-refractivity contribution in [3.8, 4) is 5.75 Å². The number of methoxy groups -OCH3 is 1. The van der Waals surface area contributed by atoms with Gasteiger partial charge in [-0.2, -0.15) is 0 Å². The first-order valence-electron chi connectivity index (χ1n) is 9.68. The molecule has 140 valence electrons. The molecular formula is C23H26N2O2. The smallest absolute Gasteiger partial charge is 0.166 e. The van der Waals surface area contributed by atoms with E-state index in [1.54, 1.807) is 13.3 Å². The van der Waals surface area contributed by atoms with Crippen LogP contribution in [-0.2, 0) is 6.54 Å². The molecule has 0 radical (unpaired) electrons. The second kappa shape index (κ2) is 7.18. The molecule has 0 N–H and O–H groups in total. The van der Waals surface area contributed by atoms with E-state index in [1.165, 1.54) is 18.4 Å². The Morgan fingerprint density at radius 3 is 2.81 bits per heavy atom. The van der Waals surface area contributed by atoms with Crippen LogP contribution in [0.5, 0.6) is 5.75 Å². The van der Waals surface area contributed by atoms with E-state index in [0.29, 0.717) is 13.0 Å². The van der Waals surface area contributed by atoms with Crippen LogP contribution in [0.4, 0.5) is 0 Å². The molecule has 0 atom stereocenters. The summed E-state index contributed by atoms with van der Waals surface area (Å²) >= 11 is 0. The Labute approximate surface area is 160 Å². The largest absolute Gasteiger partial charge is 0.496 e. The fraction of sp³-hybridized carbons (Fsp3) is 0.391. The molecule has 4 nitrogen and oxygen atoms in total. The maximum Gasteiger partial charge on any atom is 0.166 e. The predicted octanol–water partition coefficient (Wildman–Crippen LogP) is 5.08. The molecule has 2 aromatic heterocycles. The molecule has 1 aliphatic rings. The molecule has 0 bridgehead atoms. The van der Waals surface area contributed by atoms with Crippen LogP contribution in [0.2, 0.25) is 0 Å². The van der Waals surface area contributed by atoms with Crippen molar-refractivity contribution in [1.29, 1.82) is 0 Å². The molecule has 27 heavy (non-hydrogen) atoms. The number of ether oxygens (including phenoxy) is 1. The van der Waals surface area contributed by atoms with Gasteiger partial charge >= 0.3 is 0 Å². The lowest BCUT2D eigenvalue weighted by Crippen LogP contribution is -2.02. The highest BCUT2D eigenvalue weighted by Gasteiger charge is 2.24. The SMILES string of the molecule is COc1ccc(C)cc1Cn1cc(C(=O)CCC2CC2)c2nccc(C)c21. The fourth-order valence-corrected chi connectivity index (χ4v) is 3.81. The van der Waals surface area contributed by atoms with Crippen LogP contribution in [0.15, 0.2) is 36.7 Å². The van der Waals surface area contributed by atoms with E-state index >= 15 is 0 Å². The number of hydrogen-bond acceptors (Lipinski definition) is 3. The van der Waals surface area contributed by atoms with Gasteiger partial charge in [0.15, 0.2) is 5.78 Å². The zero-order chi connectivity index (χ0) is 19.0. The molecule has 0 spiro atoms. The fourth-order valence-electron chi connectivity index (χ4n) is 3.81. The van der Waals surface area contributed by atoms with Gasteiger partial charge in [0.2, 0.25) is 0 Å². The molecule has 2 heterocycles. The van der Waals surface area contributed by atoms with Crippen LogP contribution >= 0.6 is 0 Å². The molecule has 1 saturated carbocycles. The minimum atomic E-state index is 0.208. The van der Waals surface area contributed by atoms with Crippen molar-refractivity contribution in [2.75, 3.05) is 7.11 Å². The second-order valence-electron chi connectivity index (χ2n) is 7.72. The number of carbonyl (C=O) groups excluding carboxylic acids is 1. The van der Waals surface area contributed by atoms with Crippen molar-refractivity contribution in [1.82, 2.24) is 9.55 Å². The first-order chi connectivity index (χ1) is 13.1. The van der Waals surface area contributed by atoms with Gasteiger partial charge in [0.25, 0.3) is 0 Å². The zero-order valence-corrected chi connectivity index (χ0v) is 16.3. The van der Waals surface area contributed by atoms with Crippen molar-refractivity contribution >= 4 is 16.8 Å². The first-order valence-corrected chi connectivity index (χ1v) is 9.68. The summed E-state index contributed by atoms with van der Waals surface area (Å²) in [5, 5.41) is 0. The zero-order valence-electron chi connectivity index (χ0n) is 16.3. The van der Waals surface area contributed by atoms with Crippen LogP contribution in [0, 0.1) is 19.8 Å². The number of ketones is 1. The number of nitrogens with zero attached hydrogens (tertiary/aromatic N) is 2. The molecule has 3 aromatic rings. The van der Waals surface area contributed by atoms with E-state index in [-0.39, 0.29) is 5.78 Å². The summed E-state index contributed by atoms with van der Waals surface area (Å²) in [6, 6.07) is 8.20. The standard InChI is InChI=1S/C23H26N2O2/c1-15-4-9-21(27-3)18(12-15)13-25-14-19(20(26)8-7-17-5-6-17)22-23(25)16(2)10-11-24-22/h4,9-12,14,17H,5-8,13H2,1-3H3. The Hall–Kier alpha value is -2.62. The quantitative estimate of drug-likeness (QED) is 0.550. The van der Waals surface area contributed by atoms with E-state index in [0.717, 1.165) is 45.8 Å². The normalized spacial score (nSPS) is 13.9. The summed E-state index contributed by atoms with van der Waals surface area (Å²) in [6.45, 7) is 4.81. The summed E-state index contributed by atoms with van der Waals surface area (Å²) in [5.74, 6) is 1.83. The highest BCUT2D eigenvalue weighted by molar-refractivity contribution is 6.07. The Morgan fingerprint density at radius 1 is 1.26 bits per heavy atom. The van der Waals surface area contributed by atoms with Gasteiger partial charge in [0.05, 0.1) is 30.3 Å². The van der Waals surface area contributed by atoms with E-state index in [4.69, 9.17) is 4.74 Å². The van der Waals surface area contributed by atoms with Crippen LogP contribution in [-0.4, -0.2) is 22.4 Å². The Bertz CT molecular complexity index is 999. The molecule has 0 aliphatic heterocycles. The second-order valence-corrected chi connectivity index (χ2v) is 7.72. The third-order valence-electron chi connectivity index (χ3n) is 5.51. The molecular weight excluding hydrogens is 336 g/mol. The third-order valence-corrected chi connectivity index (χ3v) is 5.51. The lowest BCUT2D eigenvalue weighted by atomic mass is 10.1. The first kappa shape index (κ1) is 17.8. The lowest BCUT2D eigenvalue weighted by Gasteiger charge is -2.12. The number of aromatic nitrogens is 2. The van der Waals surface area contributed by atoms with Crippen LogP contribution in [0.25, 0.3) is 11.0 Å². The summed E-state index contributed by atoms with van der Waals surface area (Å²) < 4.78 is 7.70. The molecule has 4 heteroatoms. The average molecular weight is 362 g/mol. The highest BCUT2D eigenvalue weighted by atomic mass is 16.5. The van der Waals surface area contributed by atoms with Crippen molar-refractivity contribution in [3.63, 3.8) is 0 Å². The van der Waals surface area contributed by atoms with Crippen LogP contribution < -0.4 is 4.74 Å². The van der Waals surface area contributed by atoms with Crippen molar-refractivity contribution in [2.45, 2.75) is 46.1 Å². The number of aryl methyl sites for hydroxylation is 2. The number of fused-ring (bicyclic) bond motifs is 1. The number of rotatable bonds is 7. The third kappa shape index (κ3) is 3.61. The molecule has 0 saturated heterocycles. The van der Waals surface area contributed by atoms with Gasteiger partial charge in [-0.1, -0.05) is 30.5 Å².